The molecule has 0 aliphatic heterocycles. The Bertz CT molecular complexity index is 253. The summed E-state index contributed by atoms with van der Waals surface area (Å²) in [6, 6.07) is 6.98. The van der Waals surface area contributed by atoms with Gasteiger partial charge in [0.15, 0.2) is 0 Å². The van der Waals surface area contributed by atoms with E-state index in [1.807, 2.05) is 19.1 Å². The number of rotatable bonds is 1. The van der Waals surface area contributed by atoms with Gasteiger partial charge >= 0.3 is 5.97 Å². The van der Waals surface area contributed by atoms with Gasteiger partial charge in [-0.15, -0.1) is 0 Å². The molecule has 3 heteroatoms. The smallest absolute Gasteiger partial charge is 0.343 e. The summed E-state index contributed by atoms with van der Waals surface area (Å²) in [4.78, 5) is 10.8. The Hall–Kier alpha value is -1.02. The van der Waals surface area contributed by atoms with E-state index in [-0.39, 0.29) is 0 Å². The molecule has 1 aromatic carbocycles. The van der Waals surface area contributed by atoms with Gasteiger partial charge in [0.1, 0.15) is 11.9 Å². The summed E-state index contributed by atoms with van der Waals surface area (Å²) in [6.45, 7) is 1.94. The first kappa shape index (κ1) is 8.08. The molecule has 0 unspecified atom stereocenters. The van der Waals surface area contributed by atoms with Crippen LogP contribution >= 0.6 is 11.9 Å². The van der Waals surface area contributed by atoms with Crippen molar-refractivity contribution < 1.29 is 9.08 Å². The van der Waals surface area contributed by atoms with Crippen LogP contribution in [0.1, 0.15) is 15.9 Å². The Morgan fingerprint density at radius 1 is 1.36 bits per heavy atom. The average Bonchev–Trinajstić information content (AvgIpc) is 2.05. The Kier molecular flexibility index (Phi) is 2.49. The molecule has 0 saturated carbocycles. The van der Waals surface area contributed by atoms with E-state index in [0.717, 1.165) is 5.56 Å². The fourth-order valence-corrected chi connectivity index (χ4v) is 0.823. The van der Waals surface area contributed by atoms with Crippen molar-refractivity contribution in [3.63, 3.8) is 0 Å². The lowest BCUT2D eigenvalue weighted by Crippen LogP contribution is -1.96. The summed E-state index contributed by atoms with van der Waals surface area (Å²) < 4.78 is 4.01. The van der Waals surface area contributed by atoms with Crippen molar-refractivity contribution in [2.75, 3.05) is 0 Å². The van der Waals surface area contributed by atoms with Gasteiger partial charge in [-0.1, -0.05) is 17.7 Å². The first-order valence-corrected chi connectivity index (χ1v) is 3.44. The third-order valence-electron chi connectivity index (χ3n) is 1.36. The summed E-state index contributed by atoms with van der Waals surface area (Å²) >= 11 is 4.88. The Morgan fingerprint density at radius 3 is 2.36 bits per heavy atom. The summed E-state index contributed by atoms with van der Waals surface area (Å²) in [5, 5.41) is 0. The van der Waals surface area contributed by atoms with E-state index >= 15 is 0 Å². The summed E-state index contributed by atoms with van der Waals surface area (Å²) in [5.41, 5.74) is 1.56. The van der Waals surface area contributed by atoms with Gasteiger partial charge in [0, 0.05) is 0 Å². The first-order valence-electron chi connectivity index (χ1n) is 3.13. The van der Waals surface area contributed by atoms with Gasteiger partial charge < -0.3 is 4.29 Å². The zero-order chi connectivity index (χ0) is 8.27. The molecular weight excluding hydrogens is 164 g/mol. The number of carbonyl (C=O) groups is 1. The van der Waals surface area contributed by atoms with Crippen LogP contribution < -0.4 is 0 Å². The molecule has 0 spiro atoms. The maximum absolute atomic E-state index is 10.8. The van der Waals surface area contributed by atoms with Crippen LogP contribution in [0.5, 0.6) is 0 Å². The quantitative estimate of drug-likeness (QED) is 0.647. The van der Waals surface area contributed by atoms with Gasteiger partial charge in [-0.05, 0) is 19.1 Å². The van der Waals surface area contributed by atoms with Crippen LogP contribution in [0.3, 0.4) is 0 Å². The second kappa shape index (κ2) is 3.39. The monoisotopic (exact) mass is 170 g/mol. The third kappa shape index (κ3) is 1.95. The van der Waals surface area contributed by atoms with E-state index in [9.17, 15) is 4.79 Å². The molecule has 0 aromatic heterocycles. The zero-order valence-electron chi connectivity index (χ0n) is 6.00. The molecule has 11 heavy (non-hydrogen) atoms. The summed E-state index contributed by atoms with van der Waals surface area (Å²) in [6.07, 6.45) is 0. The molecule has 0 saturated heterocycles. The van der Waals surface area contributed by atoms with Crippen LogP contribution in [0.25, 0.3) is 0 Å². The normalized spacial score (nSPS) is 9.27. The van der Waals surface area contributed by atoms with Crippen LogP contribution in [-0.2, 0) is 4.29 Å². The SMILES string of the molecule is Cc1ccc(C(=O)OCl)cc1. The van der Waals surface area contributed by atoms with Crippen molar-refractivity contribution in [2.45, 2.75) is 6.92 Å². The average molecular weight is 171 g/mol. The molecule has 0 aliphatic rings. The second-order valence-corrected chi connectivity index (χ2v) is 2.38. The standard InChI is InChI=1S/C8H7ClO2/c1-6-2-4-7(5-3-6)8(10)11-9/h2-5H,1H3. The first-order chi connectivity index (χ1) is 5.24. The number of benzene rings is 1. The molecule has 2 nitrogen and oxygen atoms in total. The lowest BCUT2D eigenvalue weighted by Gasteiger charge is -1.95. The van der Waals surface area contributed by atoms with E-state index in [4.69, 9.17) is 11.9 Å². The van der Waals surface area contributed by atoms with Crippen LogP contribution in [0, 0.1) is 6.92 Å². The number of hydrogen-bond acceptors (Lipinski definition) is 2. The van der Waals surface area contributed by atoms with Crippen LogP contribution in [0.2, 0.25) is 0 Å². The number of hydrogen-bond donors (Lipinski definition) is 0. The van der Waals surface area contributed by atoms with Crippen molar-refractivity contribution in [3.8, 4) is 0 Å². The van der Waals surface area contributed by atoms with Crippen LogP contribution in [-0.4, -0.2) is 5.97 Å². The van der Waals surface area contributed by atoms with E-state index in [2.05, 4.69) is 4.29 Å². The molecular formula is C8H7ClO2. The Labute approximate surface area is 69.9 Å². The van der Waals surface area contributed by atoms with Crippen molar-refractivity contribution in [3.05, 3.63) is 35.4 Å². The summed E-state index contributed by atoms with van der Waals surface area (Å²) in [5.74, 6) is -0.522. The number of carbonyl (C=O) groups excluding carboxylic acids is 1. The Balaban J connectivity index is 2.90. The van der Waals surface area contributed by atoms with Gasteiger partial charge in [-0.2, -0.15) is 0 Å². The highest BCUT2D eigenvalue weighted by atomic mass is 35.5. The van der Waals surface area contributed by atoms with Crippen molar-refractivity contribution >= 4 is 17.8 Å². The molecule has 0 fully saturated rings. The van der Waals surface area contributed by atoms with Crippen molar-refractivity contribution in [1.82, 2.24) is 0 Å². The third-order valence-corrected chi connectivity index (χ3v) is 1.50. The van der Waals surface area contributed by atoms with Gasteiger partial charge in [-0.3, -0.25) is 0 Å². The molecule has 0 aliphatic carbocycles. The lowest BCUT2D eigenvalue weighted by molar-refractivity contribution is 0.0751. The molecule has 0 atom stereocenters. The minimum Gasteiger partial charge on any atom is -0.343 e. The number of halogens is 1. The molecule has 0 N–H and O–H groups in total. The van der Waals surface area contributed by atoms with Crippen molar-refractivity contribution in [2.24, 2.45) is 0 Å². The summed E-state index contributed by atoms with van der Waals surface area (Å²) in [7, 11) is 0. The Morgan fingerprint density at radius 2 is 1.91 bits per heavy atom. The largest absolute Gasteiger partial charge is 0.356 e. The highest BCUT2D eigenvalue weighted by Crippen LogP contribution is 2.05. The van der Waals surface area contributed by atoms with Gasteiger partial charge in [0.2, 0.25) is 0 Å². The van der Waals surface area contributed by atoms with Gasteiger partial charge in [0.25, 0.3) is 0 Å². The molecule has 0 bridgehead atoms. The minimum atomic E-state index is -0.522. The lowest BCUT2D eigenvalue weighted by atomic mass is 10.2. The molecule has 1 aromatic rings. The van der Waals surface area contributed by atoms with E-state index in [0.29, 0.717) is 5.56 Å². The molecule has 0 radical (unpaired) electrons. The van der Waals surface area contributed by atoms with Crippen molar-refractivity contribution in [1.29, 1.82) is 0 Å². The van der Waals surface area contributed by atoms with Gasteiger partial charge in [0.05, 0.1) is 5.56 Å². The fraction of sp³-hybridized carbons (Fsp3) is 0.125. The maximum Gasteiger partial charge on any atom is 0.356 e. The number of aryl methyl sites for hydroxylation is 1. The molecule has 0 heterocycles. The maximum atomic E-state index is 10.8. The highest BCUT2D eigenvalue weighted by Gasteiger charge is 2.03. The van der Waals surface area contributed by atoms with E-state index in [1.165, 1.54) is 0 Å². The predicted octanol–water partition coefficient (Wildman–Crippen LogP) is 2.31. The second-order valence-electron chi connectivity index (χ2n) is 2.23. The van der Waals surface area contributed by atoms with E-state index in [1.54, 1.807) is 12.1 Å². The molecule has 1 rings (SSSR count). The fourth-order valence-electron chi connectivity index (χ4n) is 0.734. The van der Waals surface area contributed by atoms with Crippen LogP contribution in [0.15, 0.2) is 24.3 Å². The topological polar surface area (TPSA) is 26.3 Å². The van der Waals surface area contributed by atoms with Crippen LogP contribution in [0.4, 0.5) is 0 Å². The van der Waals surface area contributed by atoms with E-state index < -0.39 is 5.97 Å². The molecule has 0 amide bonds. The molecule has 58 valence electrons. The zero-order valence-corrected chi connectivity index (χ0v) is 6.76. The van der Waals surface area contributed by atoms with Gasteiger partial charge in [-0.25, -0.2) is 4.79 Å². The highest BCUT2D eigenvalue weighted by molar-refractivity contribution is 6.15. The minimum absolute atomic E-state index is 0.464. The predicted molar refractivity (Wildman–Crippen MR) is 42.4 cm³/mol.